The van der Waals surface area contributed by atoms with Gasteiger partial charge in [-0.15, -0.1) is 0 Å². The average molecular weight is 376 g/mol. The molecule has 1 aliphatic rings. The topological polar surface area (TPSA) is 32.3 Å². The van der Waals surface area contributed by atoms with Crippen LogP contribution in [0.25, 0.3) is 0 Å². The highest BCUT2D eigenvalue weighted by atomic mass is 19.4. The molecule has 144 valence electrons. The lowest BCUT2D eigenvalue weighted by Crippen LogP contribution is -2.52. The van der Waals surface area contributed by atoms with Crippen molar-refractivity contribution in [1.82, 2.24) is 10.2 Å². The zero-order chi connectivity index (χ0) is 19.4. The summed E-state index contributed by atoms with van der Waals surface area (Å²) in [6, 6.07) is 13.7. The van der Waals surface area contributed by atoms with Crippen LogP contribution in [0.4, 0.5) is 13.2 Å². The normalized spacial score (nSPS) is 15.4. The van der Waals surface area contributed by atoms with Gasteiger partial charge in [-0.05, 0) is 35.6 Å². The van der Waals surface area contributed by atoms with Crippen LogP contribution >= 0.6 is 0 Å². The summed E-state index contributed by atoms with van der Waals surface area (Å²) in [5.74, 6) is 0.179. The molecule has 27 heavy (non-hydrogen) atoms. The summed E-state index contributed by atoms with van der Waals surface area (Å²) in [6.07, 6.45) is -3.03. The molecule has 0 bridgehead atoms. The molecule has 0 aromatic heterocycles. The molecule has 0 atom stereocenters. The molecule has 1 fully saturated rings. The Bertz CT molecular complexity index is 781. The number of hydrogen-bond acceptors (Lipinski definition) is 2. The Kier molecular flexibility index (Phi) is 5.85. The lowest BCUT2D eigenvalue weighted by molar-refractivity contribution is -0.137. The van der Waals surface area contributed by atoms with Crippen LogP contribution < -0.4 is 5.32 Å². The monoisotopic (exact) mass is 376 g/mol. The third-order valence-electron chi connectivity index (χ3n) is 4.96. The molecular formula is C21H23F3N2O. The van der Waals surface area contributed by atoms with Gasteiger partial charge < -0.3 is 5.32 Å². The summed E-state index contributed by atoms with van der Waals surface area (Å²) >= 11 is 0. The van der Waals surface area contributed by atoms with Crippen LogP contribution in [0.15, 0.2) is 48.5 Å². The Morgan fingerprint density at radius 1 is 1.04 bits per heavy atom. The van der Waals surface area contributed by atoms with Crippen LogP contribution in [0.3, 0.4) is 0 Å². The Hall–Kier alpha value is -2.34. The number of nitrogens with zero attached hydrogens (tertiary/aromatic N) is 1. The van der Waals surface area contributed by atoms with Crippen LogP contribution in [-0.4, -0.2) is 30.9 Å². The first-order chi connectivity index (χ1) is 12.8. The summed E-state index contributed by atoms with van der Waals surface area (Å²) in [5.41, 5.74) is 2.37. The van der Waals surface area contributed by atoms with Crippen molar-refractivity contribution in [2.45, 2.75) is 25.6 Å². The molecule has 0 unspecified atom stereocenters. The number of likely N-dealkylation sites (tertiary alicyclic amines) is 1. The number of aryl methyl sites for hydroxylation is 2. The smallest absolute Gasteiger partial charge is 0.359 e. The van der Waals surface area contributed by atoms with Gasteiger partial charge in [0.25, 0.3) is 0 Å². The van der Waals surface area contributed by atoms with Gasteiger partial charge >= 0.3 is 6.18 Å². The Labute approximate surface area is 157 Å². The molecule has 1 amide bonds. The van der Waals surface area contributed by atoms with Gasteiger partial charge in [-0.1, -0.05) is 42.5 Å². The third kappa shape index (κ3) is 5.10. The summed E-state index contributed by atoms with van der Waals surface area (Å²) in [4.78, 5) is 13.7. The zero-order valence-corrected chi connectivity index (χ0v) is 15.2. The summed E-state index contributed by atoms with van der Waals surface area (Å²) in [6.45, 7) is 2.36. The number of amides is 1. The molecule has 2 aromatic rings. The molecule has 0 aliphatic carbocycles. The molecule has 1 N–H and O–H groups in total. The first-order valence-electron chi connectivity index (χ1n) is 9.03. The summed E-state index contributed by atoms with van der Waals surface area (Å²) in [7, 11) is 1.66. The number of nitrogens with one attached hydrogen (secondary N) is 1. The molecule has 6 heteroatoms. The number of halogens is 3. The maximum atomic E-state index is 12.8. The molecule has 1 saturated heterocycles. The van der Waals surface area contributed by atoms with E-state index < -0.39 is 11.7 Å². The van der Waals surface area contributed by atoms with Gasteiger partial charge in [0.1, 0.15) is 0 Å². The largest absolute Gasteiger partial charge is 0.416 e. The predicted octanol–water partition coefficient (Wildman–Crippen LogP) is 3.67. The maximum absolute atomic E-state index is 12.8. The minimum absolute atomic E-state index is 0.0849. The molecule has 0 radical (unpaired) electrons. The minimum atomic E-state index is -4.30. The van der Waals surface area contributed by atoms with Crippen molar-refractivity contribution in [3.8, 4) is 0 Å². The number of carbonyl (C=O) groups is 1. The molecule has 0 spiro atoms. The molecule has 1 heterocycles. The highest BCUT2D eigenvalue weighted by Gasteiger charge is 2.31. The van der Waals surface area contributed by atoms with Crippen molar-refractivity contribution in [1.29, 1.82) is 0 Å². The highest BCUT2D eigenvalue weighted by molar-refractivity contribution is 5.79. The second-order valence-corrected chi connectivity index (χ2v) is 7.02. The fourth-order valence-corrected chi connectivity index (χ4v) is 3.33. The fraction of sp³-hybridized carbons (Fsp3) is 0.381. The Morgan fingerprint density at radius 3 is 2.30 bits per heavy atom. The van der Waals surface area contributed by atoms with Crippen molar-refractivity contribution in [3.05, 3.63) is 70.8 Å². The van der Waals surface area contributed by atoms with Gasteiger partial charge in [-0.3, -0.25) is 9.69 Å². The Balaban J connectivity index is 1.49. The van der Waals surface area contributed by atoms with Gasteiger partial charge in [-0.2, -0.15) is 13.2 Å². The third-order valence-corrected chi connectivity index (χ3v) is 4.96. The van der Waals surface area contributed by atoms with Gasteiger partial charge in [0.2, 0.25) is 5.91 Å². The molecule has 2 aromatic carbocycles. The minimum Gasteiger partial charge on any atom is -0.359 e. The fourth-order valence-electron chi connectivity index (χ4n) is 3.33. The SMILES string of the molecule is CNC(=O)C1CN(Cc2ccc(CCc3cccc(C(F)(F)F)c3)cc2)C1. The molecule has 3 rings (SSSR count). The van der Waals surface area contributed by atoms with E-state index in [9.17, 15) is 18.0 Å². The van der Waals surface area contributed by atoms with Gasteiger partial charge in [0, 0.05) is 26.7 Å². The van der Waals surface area contributed by atoms with Crippen LogP contribution in [0.2, 0.25) is 0 Å². The molecule has 0 saturated carbocycles. The van der Waals surface area contributed by atoms with Crippen molar-refractivity contribution in [2.24, 2.45) is 5.92 Å². The van der Waals surface area contributed by atoms with Crippen molar-refractivity contribution in [2.75, 3.05) is 20.1 Å². The van der Waals surface area contributed by atoms with E-state index in [1.165, 1.54) is 17.7 Å². The predicted molar refractivity (Wildman–Crippen MR) is 98.1 cm³/mol. The molecular weight excluding hydrogens is 353 g/mol. The van der Waals surface area contributed by atoms with Gasteiger partial charge in [0.15, 0.2) is 0 Å². The van der Waals surface area contributed by atoms with E-state index >= 15 is 0 Å². The first-order valence-corrected chi connectivity index (χ1v) is 9.03. The van der Waals surface area contributed by atoms with E-state index in [1.54, 1.807) is 13.1 Å². The van der Waals surface area contributed by atoms with Crippen molar-refractivity contribution >= 4 is 5.91 Å². The van der Waals surface area contributed by atoms with Gasteiger partial charge in [-0.25, -0.2) is 0 Å². The zero-order valence-electron chi connectivity index (χ0n) is 15.2. The van der Waals surface area contributed by atoms with Crippen molar-refractivity contribution < 1.29 is 18.0 Å². The van der Waals surface area contributed by atoms with Crippen LogP contribution in [0.5, 0.6) is 0 Å². The van der Waals surface area contributed by atoms with E-state index in [4.69, 9.17) is 0 Å². The number of alkyl halides is 3. The van der Waals surface area contributed by atoms with E-state index in [0.717, 1.165) is 31.3 Å². The van der Waals surface area contributed by atoms with Crippen LogP contribution in [0.1, 0.15) is 22.3 Å². The average Bonchev–Trinajstić information content (AvgIpc) is 2.62. The molecule has 1 aliphatic heterocycles. The second-order valence-electron chi connectivity index (χ2n) is 7.02. The number of carbonyl (C=O) groups excluding carboxylic acids is 1. The van der Waals surface area contributed by atoms with E-state index in [-0.39, 0.29) is 11.8 Å². The molecule has 3 nitrogen and oxygen atoms in total. The van der Waals surface area contributed by atoms with E-state index in [2.05, 4.69) is 22.3 Å². The summed E-state index contributed by atoms with van der Waals surface area (Å²) in [5, 5.41) is 2.67. The van der Waals surface area contributed by atoms with E-state index in [0.29, 0.717) is 18.4 Å². The number of rotatable bonds is 6. The highest BCUT2D eigenvalue weighted by Crippen LogP contribution is 2.29. The quantitative estimate of drug-likeness (QED) is 0.834. The van der Waals surface area contributed by atoms with Crippen molar-refractivity contribution in [3.63, 3.8) is 0 Å². The first kappa shape index (κ1) is 19.4. The standard InChI is InChI=1S/C21H23F3N2O/c1-25-20(27)18-13-26(14-18)12-17-9-6-15(7-10-17)5-8-16-3-2-4-19(11-16)21(22,23)24/h2-4,6-7,9-11,18H,5,8,12-14H2,1H3,(H,25,27). The van der Waals surface area contributed by atoms with E-state index in [1.807, 2.05) is 12.1 Å². The number of benzene rings is 2. The Morgan fingerprint density at radius 2 is 1.67 bits per heavy atom. The van der Waals surface area contributed by atoms with Crippen LogP contribution in [0, 0.1) is 5.92 Å². The number of hydrogen-bond donors (Lipinski definition) is 1. The second kappa shape index (κ2) is 8.13. The lowest BCUT2D eigenvalue weighted by Gasteiger charge is -2.38. The van der Waals surface area contributed by atoms with Gasteiger partial charge in [0.05, 0.1) is 11.5 Å². The maximum Gasteiger partial charge on any atom is 0.416 e. The van der Waals surface area contributed by atoms with Crippen LogP contribution in [-0.2, 0) is 30.4 Å². The summed E-state index contributed by atoms with van der Waals surface area (Å²) < 4.78 is 38.3. The lowest BCUT2D eigenvalue weighted by atomic mass is 9.97.